The monoisotopic (exact) mass is 297 g/mol. The Hall–Kier alpha value is -1.42. The molecule has 2 aromatic heterocycles. The van der Waals surface area contributed by atoms with Crippen molar-refractivity contribution in [3.8, 4) is 0 Å². The predicted molar refractivity (Wildman–Crippen MR) is 73.1 cm³/mol. The average Bonchev–Trinajstić information content (AvgIpc) is 3.00. The molecule has 1 fully saturated rings. The lowest BCUT2D eigenvalue weighted by molar-refractivity contribution is -0.0432. The number of aliphatic hydroxyl groups is 2. The number of thioether (sulfide) groups is 1. The van der Waals surface area contributed by atoms with Crippen LogP contribution in [-0.2, 0) is 4.74 Å². The van der Waals surface area contributed by atoms with E-state index in [9.17, 15) is 5.11 Å². The molecule has 0 aromatic carbocycles. The van der Waals surface area contributed by atoms with Gasteiger partial charge in [0.15, 0.2) is 5.65 Å². The number of nitrogens with two attached hydrogens (primary N) is 1. The van der Waals surface area contributed by atoms with Crippen molar-refractivity contribution in [2.75, 3.05) is 18.6 Å². The highest BCUT2D eigenvalue weighted by Gasteiger charge is 2.35. The topological polar surface area (TPSA) is 119 Å². The molecule has 1 aliphatic rings. The van der Waals surface area contributed by atoms with Gasteiger partial charge in [-0.2, -0.15) is 4.98 Å². The Balaban J connectivity index is 2.03. The summed E-state index contributed by atoms with van der Waals surface area (Å²) in [6, 6.07) is 0. The molecule has 108 valence electrons. The fraction of sp³-hybridized carbons (Fsp3) is 0.545. The average molecular weight is 297 g/mol. The number of rotatable bonds is 3. The molecule has 0 amide bonds. The van der Waals surface area contributed by atoms with Crippen molar-refractivity contribution in [1.29, 1.82) is 0 Å². The van der Waals surface area contributed by atoms with Crippen LogP contribution in [0.15, 0.2) is 11.4 Å². The third kappa shape index (κ3) is 2.12. The van der Waals surface area contributed by atoms with E-state index >= 15 is 0 Å². The highest BCUT2D eigenvalue weighted by molar-refractivity contribution is 7.98. The lowest BCUT2D eigenvalue weighted by Gasteiger charge is -2.13. The van der Waals surface area contributed by atoms with Gasteiger partial charge in [-0.1, -0.05) is 0 Å². The molecule has 1 saturated heterocycles. The number of imidazole rings is 1. The van der Waals surface area contributed by atoms with Gasteiger partial charge < -0.3 is 20.7 Å². The van der Waals surface area contributed by atoms with Crippen LogP contribution in [0.5, 0.6) is 0 Å². The smallest absolute Gasteiger partial charge is 0.223 e. The maximum absolute atomic E-state index is 9.81. The number of nitrogens with zero attached hydrogens (tertiary/aromatic N) is 4. The standard InChI is InChI=1S/C11H15N5O3S/c1-20-10-8-9(14-11(12)15-10)16(4-13-8)7-2-5(18)6(3-17)19-7/h4-7,17-18H,2-3H2,1H3,(H2,12,14,15)/t5-,6+,7+/m0/s1. The molecule has 3 atom stereocenters. The SMILES string of the molecule is CSc1nc(N)nc2c1ncn2[C@H]1C[C@H](O)[C@@H](CO)O1. The minimum atomic E-state index is -0.707. The van der Waals surface area contributed by atoms with Gasteiger partial charge in [-0.25, -0.2) is 9.97 Å². The first kappa shape index (κ1) is 13.6. The zero-order valence-corrected chi connectivity index (χ0v) is 11.6. The Kier molecular flexibility index (Phi) is 3.50. The normalized spacial score (nSPS) is 26.4. The van der Waals surface area contributed by atoms with E-state index in [0.29, 0.717) is 22.6 Å². The van der Waals surface area contributed by atoms with E-state index in [4.69, 9.17) is 15.6 Å². The van der Waals surface area contributed by atoms with Gasteiger partial charge in [-0.3, -0.25) is 4.57 Å². The molecule has 20 heavy (non-hydrogen) atoms. The summed E-state index contributed by atoms with van der Waals surface area (Å²) < 4.78 is 7.32. The molecule has 0 aliphatic carbocycles. The van der Waals surface area contributed by atoms with E-state index in [-0.39, 0.29) is 12.6 Å². The summed E-state index contributed by atoms with van der Waals surface area (Å²) in [5.41, 5.74) is 6.92. The van der Waals surface area contributed by atoms with Crippen LogP contribution in [0.3, 0.4) is 0 Å². The van der Waals surface area contributed by atoms with Crippen molar-refractivity contribution in [3.63, 3.8) is 0 Å². The maximum Gasteiger partial charge on any atom is 0.223 e. The van der Waals surface area contributed by atoms with Crippen LogP contribution < -0.4 is 5.73 Å². The number of fused-ring (bicyclic) bond motifs is 1. The Morgan fingerprint density at radius 3 is 3.00 bits per heavy atom. The van der Waals surface area contributed by atoms with Gasteiger partial charge in [0, 0.05) is 6.42 Å². The van der Waals surface area contributed by atoms with Crippen molar-refractivity contribution >= 4 is 28.9 Å². The molecule has 0 radical (unpaired) electrons. The van der Waals surface area contributed by atoms with Crippen molar-refractivity contribution in [1.82, 2.24) is 19.5 Å². The Morgan fingerprint density at radius 2 is 2.35 bits per heavy atom. The molecule has 0 saturated carbocycles. The number of hydrogen-bond acceptors (Lipinski definition) is 8. The first-order valence-corrected chi connectivity index (χ1v) is 7.35. The molecule has 4 N–H and O–H groups in total. The van der Waals surface area contributed by atoms with Gasteiger partial charge in [0.1, 0.15) is 22.9 Å². The Morgan fingerprint density at radius 1 is 1.55 bits per heavy atom. The number of aromatic nitrogens is 4. The number of nitrogen functional groups attached to an aromatic ring is 1. The van der Waals surface area contributed by atoms with E-state index in [1.54, 1.807) is 10.9 Å². The van der Waals surface area contributed by atoms with Crippen LogP contribution >= 0.6 is 11.8 Å². The Bertz CT molecular complexity index is 634. The third-order valence-corrected chi connectivity index (χ3v) is 3.97. The first-order chi connectivity index (χ1) is 9.63. The lowest BCUT2D eigenvalue weighted by Crippen LogP contribution is -2.24. The van der Waals surface area contributed by atoms with Crippen LogP contribution in [0, 0.1) is 0 Å². The van der Waals surface area contributed by atoms with Gasteiger partial charge in [0.25, 0.3) is 0 Å². The summed E-state index contributed by atoms with van der Waals surface area (Å²) in [5.74, 6) is 0.167. The summed E-state index contributed by atoms with van der Waals surface area (Å²) in [6.07, 6.45) is 2.14. The molecule has 0 unspecified atom stereocenters. The fourth-order valence-electron chi connectivity index (χ4n) is 2.31. The van der Waals surface area contributed by atoms with Gasteiger partial charge in [-0.05, 0) is 6.26 Å². The highest BCUT2D eigenvalue weighted by Crippen LogP contribution is 2.32. The lowest BCUT2D eigenvalue weighted by atomic mass is 10.2. The minimum Gasteiger partial charge on any atom is -0.394 e. The second-order valence-electron chi connectivity index (χ2n) is 4.53. The molecule has 3 rings (SSSR count). The van der Waals surface area contributed by atoms with Crippen molar-refractivity contribution in [3.05, 3.63) is 6.33 Å². The van der Waals surface area contributed by atoms with E-state index in [0.717, 1.165) is 0 Å². The van der Waals surface area contributed by atoms with Gasteiger partial charge in [0.2, 0.25) is 5.95 Å². The van der Waals surface area contributed by atoms with E-state index in [1.165, 1.54) is 11.8 Å². The van der Waals surface area contributed by atoms with Gasteiger partial charge in [-0.15, -0.1) is 11.8 Å². The Labute approximate surface area is 119 Å². The van der Waals surface area contributed by atoms with E-state index in [1.807, 2.05) is 6.26 Å². The van der Waals surface area contributed by atoms with Crippen molar-refractivity contribution < 1.29 is 14.9 Å². The molecule has 8 nitrogen and oxygen atoms in total. The zero-order chi connectivity index (χ0) is 14.3. The summed E-state index contributed by atoms with van der Waals surface area (Å²) in [6.45, 7) is -0.225. The largest absolute Gasteiger partial charge is 0.394 e. The molecule has 9 heteroatoms. The number of anilines is 1. The second-order valence-corrected chi connectivity index (χ2v) is 5.32. The van der Waals surface area contributed by atoms with Crippen molar-refractivity contribution in [2.24, 2.45) is 0 Å². The van der Waals surface area contributed by atoms with Crippen LogP contribution in [0.1, 0.15) is 12.6 Å². The van der Waals surface area contributed by atoms with E-state index in [2.05, 4.69) is 15.0 Å². The first-order valence-electron chi connectivity index (χ1n) is 6.12. The predicted octanol–water partition coefficient (Wildman–Crippen LogP) is -0.229. The van der Waals surface area contributed by atoms with E-state index < -0.39 is 18.4 Å². The minimum absolute atomic E-state index is 0.167. The van der Waals surface area contributed by atoms with Gasteiger partial charge in [0.05, 0.1) is 19.0 Å². The molecule has 0 spiro atoms. The molecule has 1 aliphatic heterocycles. The van der Waals surface area contributed by atoms with Crippen LogP contribution in [0.2, 0.25) is 0 Å². The summed E-state index contributed by atoms with van der Waals surface area (Å²) in [5, 5.41) is 19.6. The summed E-state index contributed by atoms with van der Waals surface area (Å²) in [7, 11) is 0. The second kappa shape index (κ2) is 5.17. The molecule has 2 aromatic rings. The number of hydrogen-bond donors (Lipinski definition) is 3. The molecule has 3 heterocycles. The summed E-state index contributed by atoms with van der Waals surface area (Å²) >= 11 is 1.44. The highest BCUT2D eigenvalue weighted by atomic mass is 32.2. The zero-order valence-electron chi connectivity index (χ0n) is 10.8. The molecular formula is C11H15N5O3S. The van der Waals surface area contributed by atoms with Crippen LogP contribution in [0.4, 0.5) is 5.95 Å². The van der Waals surface area contributed by atoms with Crippen LogP contribution in [0.25, 0.3) is 11.2 Å². The fourth-order valence-corrected chi connectivity index (χ4v) is 2.83. The molecule has 0 bridgehead atoms. The third-order valence-electron chi connectivity index (χ3n) is 3.29. The summed E-state index contributed by atoms with van der Waals surface area (Å²) in [4.78, 5) is 12.6. The number of aliphatic hydroxyl groups excluding tert-OH is 2. The van der Waals surface area contributed by atoms with Crippen LogP contribution in [-0.4, -0.2) is 54.8 Å². The maximum atomic E-state index is 9.81. The quantitative estimate of drug-likeness (QED) is 0.525. The number of ether oxygens (including phenoxy) is 1. The molecular weight excluding hydrogens is 282 g/mol. The van der Waals surface area contributed by atoms with Crippen molar-refractivity contribution in [2.45, 2.75) is 29.9 Å². The van der Waals surface area contributed by atoms with Gasteiger partial charge >= 0.3 is 0 Å².